The van der Waals surface area contributed by atoms with E-state index in [0.29, 0.717) is 0 Å². The largest absolute Gasteiger partial charge is 0.481 e. The van der Waals surface area contributed by atoms with Crippen LogP contribution in [0.5, 0.6) is 0 Å². The maximum absolute atomic E-state index is 11.5. The summed E-state index contributed by atoms with van der Waals surface area (Å²) in [4.78, 5) is 21.8. The molecule has 0 saturated heterocycles. The van der Waals surface area contributed by atoms with Crippen LogP contribution in [0, 0.1) is 5.41 Å². The highest BCUT2D eigenvalue weighted by atomic mass is 32.2. The zero-order valence-electron chi connectivity index (χ0n) is 10.7. The first kappa shape index (κ1) is 16.9. The molecule has 106 valence electrons. The summed E-state index contributed by atoms with van der Waals surface area (Å²) in [6.07, 6.45) is -0.253. The fourth-order valence-electron chi connectivity index (χ4n) is 0.889. The van der Waals surface area contributed by atoms with Crippen LogP contribution in [0.15, 0.2) is 0 Å². The Kier molecular flexibility index (Phi) is 6.27. The van der Waals surface area contributed by atoms with E-state index < -0.39 is 33.1 Å². The van der Waals surface area contributed by atoms with Crippen LogP contribution in [-0.2, 0) is 24.3 Å². The van der Waals surface area contributed by atoms with Crippen LogP contribution in [0.2, 0.25) is 0 Å². The van der Waals surface area contributed by atoms with Crippen LogP contribution in [-0.4, -0.2) is 44.4 Å². The predicted octanol–water partition coefficient (Wildman–Crippen LogP) is -0.0302. The molecule has 0 aromatic rings. The predicted molar refractivity (Wildman–Crippen MR) is 64.5 cm³/mol. The first-order chi connectivity index (χ1) is 8.10. The molecule has 0 spiro atoms. The lowest BCUT2D eigenvalue weighted by Gasteiger charge is -2.19. The summed E-state index contributed by atoms with van der Waals surface area (Å²) in [5, 5.41) is 8.82. The van der Waals surface area contributed by atoms with E-state index >= 15 is 0 Å². The Morgan fingerprint density at radius 3 is 2.33 bits per heavy atom. The van der Waals surface area contributed by atoms with Gasteiger partial charge in [-0.05, 0) is 20.8 Å². The molecule has 0 heterocycles. The van der Waals surface area contributed by atoms with Gasteiger partial charge < -0.3 is 9.84 Å². The van der Waals surface area contributed by atoms with Gasteiger partial charge in [-0.2, -0.15) is 0 Å². The second kappa shape index (κ2) is 6.69. The van der Waals surface area contributed by atoms with E-state index in [1.54, 1.807) is 6.92 Å². The number of esters is 1. The number of sulfonamides is 1. The molecule has 0 aliphatic rings. The number of carboxylic acids is 1. The van der Waals surface area contributed by atoms with Crippen molar-refractivity contribution in [2.45, 2.75) is 27.2 Å². The molecule has 0 aromatic heterocycles. The molecular weight excluding hydrogens is 262 g/mol. The van der Waals surface area contributed by atoms with Crippen molar-refractivity contribution in [1.82, 2.24) is 4.72 Å². The molecule has 0 atom stereocenters. The zero-order valence-corrected chi connectivity index (χ0v) is 11.5. The lowest BCUT2D eigenvalue weighted by atomic mass is 9.95. The number of nitrogens with one attached hydrogen (secondary N) is 1. The normalized spacial score (nSPS) is 12.2. The van der Waals surface area contributed by atoms with Gasteiger partial charge in [-0.1, -0.05) is 0 Å². The number of hydrogen-bond acceptors (Lipinski definition) is 5. The number of hydrogen-bond donors (Lipinski definition) is 2. The van der Waals surface area contributed by atoms with Crippen molar-refractivity contribution in [2.75, 3.05) is 18.9 Å². The quantitative estimate of drug-likeness (QED) is 0.605. The van der Waals surface area contributed by atoms with Gasteiger partial charge in [-0.3, -0.25) is 9.59 Å². The van der Waals surface area contributed by atoms with Gasteiger partial charge in [0.1, 0.15) is 0 Å². The van der Waals surface area contributed by atoms with E-state index in [0.717, 1.165) is 0 Å². The lowest BCUT2D eigenvalue weighted by Crippen LogP contribution is -2.40. The van der Waals surface area contributed by atoms with Crippen LogP contribution in [0.3, 0.4) is 0 Å². The third-order valence-electron chi connectivity index (χ3n) is 2.19. The molecule has 2 N–H and O–H groups in total. The highest BCUT2D eigenvalue weighted by Crippen LogP contribution is 2.13. The summed E-state index contributed by atoms with van der Waals surface area (Å²) in [5.74, 6) is -2.11. The van der Waals surface area contributed by atoms with Crippen LogP contribution in [0.1, 0.15) is 27.2 Å². The molecule has 0 aliphatic heterocycles. The number of carbonyl (C=O) groups is 2. The smallest absolute Gasteiger partial charge is 0.310 e. The van der Waals surface area contributed by atoms with E-state index in [4.69, 9.17) is 5.11 Å². The molecule has 0 bridgehead atoms. The van der Waals surface area contributed by atoms with Crippen LogP contribution in [0.25, 0.3) is 0 Å². The fraction of sp³-hybridized carbons (Fsp3) is 0.800. The Hall–Kier alpha value is -1.15. The Bertz CT molecular complexity index is 401. The summed E-state index contributed by atoms with van der Waals surface area (Å²) < 4.78 is 29.8. The van der Waals surface area contributed by atoms with E-state index in [9.17, 15) is 18.0 Å². The molecular formula is C10H19NO6S. The van der Waals surface area contributed by atoms with Gasteiger partial charge in [0.2, 0.25) is 10.0 Å². The molecule has 0 rings (SSSR count). The molecule has 8 heteroatoms. The third kappa shape index (κ3) is 6.55. The minimum absolute atomic E-state index is 0.193. The third-order valence-corrected chi connectivity index (χ3v) is 3.52. The van der Waals surface area contributed by atoms with Gasteiger partial charge in [0, 0.05) is 6.54 Å². The van der Waals surface area contributed by atoms with Crippen molar-refractivity contribution < 1.29 is 27.9 Å². The highest BCUT2D eigenvalue weighted by molar-refractivity contribution is 7.89. The number of ether oxygens (including phenoxy) is 1. The Balaban J connectivity index is 4.25. The number of rotatable bonds is 8. The maximum atomic E-state index is 11.5. The monoisotopic (exact) mass is 281 g/mol. The molecule has 0 radical (unpaired) electrons. The highest BCUT2D eigenvalue weighted by Gasteiger charge is 2.29. The molecule has 18 heavy (non-hydrogen) atoms. The van der Waals surface area contributed by atoms with Gasteiger partial charge in [0.25, 0.3) is 0 Å². The van der Waals surface area contributed by atoms with Crippen molar-refractivity contribution in [2.24, 2.45) is 5.41 Å². The standard InChI is InChI=1S/C10H19NO6S/c1-4-17-8(12)5-6-18(15,16)11-7-10(2,3)9(13)14/h11H,4-7H2,1-3H3,(H,13,14). The minimum Gasteiger partial charge on any atom is -0.481 e. The van der Waals surface area contributed by atoms with Crippen LogP contribution in [0.4, 0.5) is 0 Å². The number of aliphatic carboxylic acids is 1. The van der Waals surface area contributed by atoms with E-state index in [2.05, 4.69) is 9.46 Å². The summed E-state index contributed by atoms with van der Waals surface area (Å²) >= 11 is 0. The second-order valence-electron chi connectivity index (χ2n) is 4.38. The van der Waals surface area contributed by atoms with Crippen molar-refractivity contribution in [3.05, 3.63) is 0 Å². The van der Waals surface area contributed by atoms with Crippen LogP contribution < -0.4 is 4.72 Å². The summed E-state index contributed by atoms with van der Waals surface area (Å²) in [6.45, 7) is 4.40. The molecule has 7 nitrogen and oxygen atoms in total. The minimum atomic E-state index is -3.68. The molecule has 0 unspecified atom stereocenters. The molecule has 0 fully saturated rings. The Labute approximate surface area is 107 Å². The van der Waals surface area contributed by atoms with Crippen molar-refractivity contribution >= 4 is 22.0 Å². The zero-order chi connectivity index (χ0) is 14.4. The molecule has 0 aromatic carbocycles. The van der Waals surface area contributed by atoms with E-state index in [1.165, 1.54) is 13.8 Å². The van der Waals surface area contributed by atoms with Gasteiger partial charge in [0.15, 0.2) is 0 Å². The fourth-order valence-corrected chi connectivity index (χ4v) is 2.05. The van der Waals surface area contributed by atoms with Gasteiger partial charge in [-0.25, -0.2) is 13.1 Å². The molecule has 0 saturated carbocycles. The topological polar surface area (TPSA) is 110 Å². The molecule has 0 aliphatic carbocycles. The second-order valence-corrected chi connectivity index (χ2v) is 6.31. The summed E-state index contributed by atoms with van der Waals surface area (Å²) in [6, 6.07) is 0. The average Bonchev–Trinajstić information content (AvgIpc) is 2.25. The molecule has 0 amide bonds. The van der Waals surface area contributed by atoms with E-state index in [1.807, 2.05) is 0 Å². The maximum Gasteiger partial charge on any atom is 0.310 e. The number of carbonyl (C=O) groups excluding carboxylic acids is 1. The van der Waals surface area contributed by atoms with Gasteiger partial charge >= 0.3 is 11.9 Å². The average molecular weight is 281 g/mol. The van der Waals surface area contributed by atoms with E-state index in [-0.39, 0.29) is 19.6 Å². The van der Waals surface area contributed by atoms with Crippen molar-refractivity contribution in [3.63, 3.8) is 0 Å². The van der Waals surface area contributed by atoms with Gasteiger partial charge in [-0.15, -0.1) is 0 Å². The number of carboxylic acid groups (broad SMARTS) is 1. The summed E-state index contributed by atoms with van der Waals surface area (Å²) in [7, 11) is -3.68. The SMILES string of the molecule is CCOC(=O)CCS(=O)(=O)NCC(C)(C)C(=O)O. The van der Waals surface area contributed by atoms with Crippen molar-refractivity contribution in [3.8, 4) is 0 Å². The van der Waals surface area contributed by atoms with Crippen molar-refractivity contribution in [1.29, 1.82) is 0 Å². The first-order valence-electron chi connectivity index (χ1n) is 5.47. The Morgan fingerprint density at radius 2 is 1.89 bits per heavy atom. The van der Waals surface area contributed by atoms with Gasteiger partial charge in [0.05, 0.1) is 24.2 Å². The van der Waals surface area contributed by atoms with Crippen LogP contribution >= 0.6 is 0 Å². The lowest BCUT2D eigenvalue weighted by molar-refractivity contribution is -0.146. The summed E-state index contributed by atoms with van der Waals surface area (Å²) in [5.41, 5.74) is -1.20. The Morgan fingerprint density at radius 1 is 1.33 bits per heavy atom. The first-order valence-corrected chi connectivity index (χ1v) is 7.12.